The van der Waals surface area contributed by atoms with E-state index in [1.165, 1.54) is 0 Å². The van der Waals surface area contributed by atoms with Gasteiger partial charge in [0.25, 0.3) is 5.91 Å². The van der Waals surface area contributed by atoms with Crippen LogP contribution in [0.3, 0.4) is 0 Å². The zero-order chi connectivity index (χ0) is 18.3. The van der Waals surface area contributed by atoms with E-state index in [1.807, 2.05) is 32.0 Å². The van der Waals surface area contributed by atoms with Gasteiger partial charge < -0.3 is 19.2 Å². The third-order valence-corrected chi connectivity index (χ3v) is 4.19. The average Bonchev–Trinajstić information content (AvgIpc) is 3.09. The van der Waals surface area contributed by atoms with Crippen LogP contribution in [0.1, 0.15) is 25.3 Å². The molecule has 0 spiro atoms. The summed E-state index contributed by atoms with van der Waals surface area (Å²) >= 11 is 0. The number of para-hydroxylation sites is 1. The number of nitrogens with zero attached hydrogens (tertiary/aromatic N) is 1. The van der Waals surface area contributed by atoms with Gasteiger partial charge in [0.05, 0.1) is 0 Å². The van der Waals surface area contributed by atoms with Crippen LogP contribution in [0.25, 0.3) is 11.1 Å². The first kappa shape index (κ1) is 16.4. The lowest BCUT2D eigenvalue weighted by Crippen LogP contribution is -2.25. The number of amides is 1. The Balaban J connectivity index is 1.42. The first-order chi connectivity index (χ1) is 12.4. The van der Waals surface area contributed by atoms with Crippen molar-refractivity contribution >= 4 is 22.7 Å². The van der Waals surface area contributed by atoms with E-state index in [-0.39, 0.29) is 18.1 Å². The van der Waals surface area contributed by atoms with Crippen molar-refractivity contribution in [1.29, 1.82) is 0 Å². The van der Waals surface area contributed by atoms with E-state index < -0.39 is 0 Å². The fourth-order valence-corrected chi connectivity index (χ4v) is 3.16. The molecule has 0 atom stereocenters. The topological polar surface area (TPSA) is 73.6 Å². The molecule has 134 valence electrons. The summed E-state index contributed by atoms with van der Waals surface area (Å²) in [7, 11) is 0. The highest BCUT2D eigenvalue weighted by atomic mass is 16.5. The number of fused-ring (bicyclic) bond motifs is 2. The summed E-state index contributed by atoms with van der Waals surface area (Å²) in [5.74, 6) is 1.66. The van der Waals surface area contributed by atoms with Crippen molar-refractivity contribution in [3.8, 4) is 11.5 Å². The number of rotatable bonds is 4. The van der Waals surface area contributed by atoms with Gasteiger partial charge in [-0.05, 0) is 38.1 Å². The van der Waals surface area contributed by atoms with Gasteiger partial charge in [0.15, 0.2) is 29.6 Å². The molecule has 6 nitrogen and oxygen atoms in total. The van der Waals surface area contributed by atoms with Crippen LogP contribution >= 0.6 is 0 Å². The number of oxazole rings is 1. The number of anilines is 1. The second-order valence-corrected chi connectivity index (χ2v) is 7.04. The molecule has 2 heterocycles. The number of benzene rings is 2. The number of carbonyl (C=O) groups is 1. The second-order valence-electron chi connectivity index (χ2n) is 7.04. The zero-order valence-electron chi connectivity index (χ0n) is 15.0. The Morgan fingerprint density at radius 2 is 2.15 bits per heavy atom. The van der Waals surface area contributed by atoms with Crippen LogP contribution in [0.4, 0.5) is 5.69 Å². The fraction of sp³-hybridized carbons (Fsp3) is 0.300. The van der Waals surface area contributed by atoms with Crippen molar-refractivity contribution in [3.05, 3.63) is 47.9 Å². The molecule has 3 aromatic rings. The van der Waals surface area contributed by atoms with Crippen molar-refractivity contribution in [2.24, 2.45) is 0 Å². The molecule has 1 aliphatic rings. The van der Waals surface area contributed by atoms with Crippen molar-refractivity contribution in [3.63, 3.8) is 0 Å². The largest absolute Gasteiger partial charge is 0.483 e. The van der Waals surface area contributed by atoms with Gasteiger partial charge in [0, 0.05) is 24.6 Å². The van der Waals surface area contributed by atoms with Crippen LogP contribution in [0.5, 0.6) is 11.5 Å². The average molecular weight is 352 g/mol. The lowest BCUT2D eigenvalue weighted by Gasteiger charge is -2.18. The maximum absolute atomic E-state index is 12.2. The molecule has 4 rings (SSSR count). The van der Waals surface area contributed by atoms with Crippen molar-refractivity contribution in [2.75, 3.05) is 11.9 Å². The number of aryl methyl sites for hydroxylation is 1. The monoisotopic (exact) mass is 352 g/mol. The normalized spacial score (nSPS) is 14.7. The minimum Gasteiger partial charge on any atom is -0.483 e. The van der Waals surface area contributed by atoms with E-state index in [1.54, 1.807) is 25.1 Å². The lowest BCUT2D eigenvalue weighted by atomic mass is 10.0. The molecule has 0 bridgehead atoms. The first-order valence-electron chi connectivity index (χ1n) is 8.50. The molecule has 1 amide bonds. The van der Waals surface area contributed by atoms with Crippen molar-refractivity contribution < 1.29 is 18.7 Å². The highest BCUT2D eigenvalue weighted by Gasteiger charge is 2.32. The number of aromatic nitrogens is 1. The van der Waals surface area contributed by atoms with Crippen molar-refractivity contribution in [2.45, 2.75) is 32.8 Å². The Hall–Kier alpha value is -3.02. The number of ether oxygens (including phenoxy) is 2. The molecule has 0 unspecified atom stereocenters. The molecule has 0 saturated carbocycles. The lowest BCUT2D eigenvalue weighted by molar-refractivity contribution is -0.118. The van der Waals surface area contributed by atoms with E-state index in [9.17, 15) is 4.79 Å². The summed E-state index contributed by atoms with van der Waals surface area (Å²) in [6.07, 6.45) is 0.822. The minimum atomic E-state index is -0.255. The SMILES string of the molecule is Cc1nc2cc(NC(=O)COc3cccc4c3OC(C)(C)C4)ccc2o1. The van der Waals surface area contributed by atoms with Crippen LogP contribution in [-0.4, -0.2) is 23.1 Å². The van der Waals surface area contributed by atoms with Crippen LogP contribution in [0, 0.1) is 6.92 Å². The highest BCUT2D eigenvalue weighted by Crippen LogP contribution is 2.41. The Morgan fingerprint density at radius 1 is 1.31 bits per heavy atom. The van der Waals surface area contributed by atoms with Crippen LogP contribution in [0.2, 0.25) is 0 Å². The number of hydrogen-bond donors (Lipinski definition) is 1. The standard InChI is InChI=1S/C20H20N2O4/c1-12-21-15-9-14(7-8-16(15)25-12)22-18(23)11-24-17-6-4-5-13-10-20(2,3)26-19(13)17/h4-9H,10-11H2,1-3H3,(H,22,23). The molecule has 6 heteroatoms. The van der Waals surface area contributed by atoms with Gasteiger partial charge in [-0.1, -0.05) is 12.1 Å². The summed E-state index contributed by atoms with van der Waals surface area (Å²) in [5.41, 5.74) is 2.89. The molecule has 0 saturated heterocycles. The van der Waals surface area contributed by atoms with E-state index in [2.05, 4.69) is 10.3 Å². The Labute approximate surface area is 151 Å². The molecular formula is C20H20N2O4. The smallest absolute Gasteiger partial charge is 0.262 e. The highest BCUT2D eigenvalue weighted by molar-refractivity contribution is 5.93. The minimum absolute atomic E-state index is 0.101. The van der Waals surface area contributed by atoms with Gasteiger partial charge >= 0.3 is 0 Å². The van der Waals surface area contributed by atoms with Gasteiger partial charge in [0.2, 0.25) is 0 Å². The molecule has 1 aromatic heterocycles. The summed E-state index contributed by atoms with van der Waals surface area (Å²) in [6.45, 7) is 5.75. The van der Waals surface area contributed by atoms with Gasteiger partial charge in [-0.2, -0.15) is 0 Å². The zero-order valence-corrected chi connectivity index (χ0v) is 15.0. The molecule has 0 fully saturated rings. The summed E-state index contributed by atoms with van der Waals surface area (Å²) in [6, 6.07) is 11.1. The number of hydrogen-bond acceptors (Lipinski definition) is 5. The molecule has 0 radical (unpaired) electrons. The van der Waals surface area contributed by atoms with Crippen LogP contribution in [-0.2, 0) is 11.2 Å². The summed E-state index contributed by atoms with van der Waals surface area (Å²) in [5, 5.41) is 2.81. The third kappa shape index (κ3) is 3.22. The quantitative estimate of drug-likeness (QED) is 0.772. The van der Waals surface area contributed by atoms with Gasteiger partial charge in [-0.15, -0.1) is 0 Å². The molecule has 0 aliphatic carbocycles. The fourth-order valence-electron chi connectivity index (χ4n) is 3.16. The van der Waals surface area contributed by atoms with E-state index in [4.69, 9.17) is 13.9 Å². The van der Waals surface area contributed by atoms with Gasteiger partial charge in [0.1, 0.15) is 11.1 Å². The first-order valence-corrected chi connectivity index (χ1v) is 8.50. The molecule has 1 N–H and O–H groups in total. The Kier molecular flexibility index (Phi) is 3.83. The molecule has 2 aromatic carbocycles. The van der Waals surface area contributed by atoms with Crippen LogP contribution in [0.15, 0.2) is 40.8 Å². The molecular weight excluding hydrogens is 332 g/mol. The molecule has 1 aliphatic heterocycles. The Morgan fingerprint density at radius 3 is 3.00 bits per heavy atom. The summed E-state index contributed by atoms with van der Waals surface area (Å²) < 4.78 is 17.1. The van der Waals surface area contributed by atoms with E-state index >= 15 is 0 Å². The van der Waals surface area contributed by atoms with Crippen LogP contribution < -0.4 is 14.8 Å². The maximum Gasteiger partial charge on any atom is 0.262 e. The number of nitrogens with one attached hydrogen (secondary N) is 1. The van der Waals surface area contributed by atoms with E-state index in [0.29, 0.717) is 28.4 Å². The second kappa shape index (κ2) is 6.05. The van der Waals surface area contributed by atoms with E-state index in [0.717, 1.165) is 17.7 Å². The molecule has 26 heavy (non-hydrogen) atoms. The third-order valence-electron chi connectivity index (χ3n) is 4.19. The van der Waals surface area contributed by atoms with Gasteiger partial charge in [-0.25, -0.2) is 4.98 Å². The van der Waals surface area contributed by atoms with Crippen molar-refractivity contribution in [1.82, 2.24) is 4.98 Å². The maximum atomic E-state index is 12.2. The predicted octanol–water partition coefficient (Wildman–Crippen LogP) is 3.87. The predicted molar refractivity (Wildman–Crippen MR) is 97.7 cm³/mol. The summed E-state index contributed by atoms with van der Waals surface area (Å²) in [4.78, 5) is 16.5. The number of carbonyl (C=O) groups excluding carboxylic acids is 1. The van der Waals surface area contributed by atoms with Gasteiger partial charge in [-0.3, -0.25) is 4.79 Å². The Bertz CT molecular complexity index is 991.